The Morgan fingerprint density at radius 2 is 1.88 bits per heavy atom. The van der Waals surface area contributed by atoms with Crippen molar-refractivity contribution >= 4 is 21.9 Å². The highest BCUT2D eigenvalue weighted by Crippen LogP contribution is 2.19. The van der Waals surface area contributed by atoms with Crippen molar-refractivity contribution in [1.29, 1.82) is 0 Å². The van der Waals surface area contributed by atoms with Gasteiger partial charge < -0.3 is 14.8 Å². The van der Waals surface area contributed by atoms with Crippen LogP contribution >= 0.6 is 0 Å². The molecule has 8 nitrogen and oxygen atoms in total. The Morgan fingerprint density at radius 3 is 2.46 bits per heavy atom. The number of esters is 1. The number of benzene rings is 1. The topological polar surface area (TPSA) is 111 Å². The molecule has 9 heteroatoms. The monoisotopic (exact) mass is 384 g/mol. The van der Waals surface area contributed by atoms with Crippen LogP contribution in [0.4, 0.5) is 0 Å². The van der Waals surface area contributed by atoms with E-state index in [0.717, 1.165) is 12.8 Å². The van der Waals surface area contributed by atoms with Crippen molar-refractivity contribution in [2.24, 2.45) is 0 Å². The Bertz CT molecular complexity index is 728. The maximum absolute atomic E-state index is 12.2. The van der Waals surface area contributed by atoms with Crippen LogP contribution in [0.2, 0.25) is 0 Å². The molecule has 1 aromatic rings. The third-order valence-corrected chi connectivity index (χ3v) is 5.14. The predicted molar refractivity (Wildman–Crippen MR) is 94.1 cm³/mol. The summed E-state index contributed by atoms with van der Waals surface area (Å²) in [6.45, 7) is 3.69. The maximum Gasteiger partial charge on any atom is 0.307 e. The summed E-state index contributed by atoms with van der Waals surface area (Å²) in [5, 5.41) is 2.74. The van der Waals surface area contributed by atoms with Crippen molar-refractivity contribution in [2.75, 3.05) is 13.2 Å². The Balaban J connectivity index is 1.76. The summed E-state index contributed by atoms with van der Waals surface area (Å²) in [6.07, 6.45) is 0.822. The molecule has 0 heterocycles. The smallest absolute Gasteiger partial charge is 0.307 e. The number of hydrogen-bond acceptors (Lipinski definition) is 6. The van der Waals surface area contributed by atoms with E-state index in [1.807, 2.05) is 6.92 Å². The van der Waals surface area contributed by atoms with E-state index in [4.69, 9.17) is 9.47 Å². The minimum atomic E-state index is -3.73. The Labute approximate surface area is 153 Å². The van der Waals surface area contributed by atoms with Gasteiger partial charge in [0.1, 0.15) is 5.75 Å². The fourth-order valence-electron chi connectivity index (χ4n) is 2.11. The van der Waals surface area contributed by atoms with Crippen LogP contribution in [-0.4, -0.2) is 45.6 Å². The van der Waals surface area contributed by atoms with E-state index in [-0.39, 0.29) is 29.8 Å². The second-order valence-electron chi connectivity index (χ2n) is 5.97. The van der Waals surface area contributed by atoms with Gasteiger partial charge >= 0.3 is 5.97 Å². The minimum absolute atomic E-state index is 0.0755. The fourth-order valence-corrected chi connectivity index (χ4v) is 3.14. The van der Waals surface area contributed by atoms with Crippen LogP contribution in [0.5, 0.6) is 5.75 Å². The zero-order valence-electron chi connectivity index (χ0n) is 14.9. The molecule has 1 atom stereocenters. The number of rotatable bonds is 10. The third-order valence-electron chi connectivity index (χ3n) is 3.67. The van der Waals surface area contributed by atoms with Crippen molar-refractivity contribution in [3.8, 4) is 5.75 Å². The van der Waals surface area contributed by atoms with Gasteiger partial charge in [-0.2, -0.15) is 0 Å². The molecule has 1 aliphatic rings. The number of hydrogen-bond donors (Lipinski definition) is 2. The number of ether oxygens (including phenoxy) is 2. The van der Waals surface area contributed by atoms with Crippen molar-refractivity contribution in [3.63, 3.8) is 0 Å². The number of sulfonamides is 1. The molecule has 1 saturated carbocycles. The summed E-state index contributed by atoms with van der Waals surface area (Å²) in [6, 6.07) is 6.16. The van der Waals surface area contributed by atoms with Crippen LogP contribution in [0.1, 0.15) is 33.1 Å². The van der Waals surface area contributed by atoms with Crippen molar-refractivity contribution in [2.45, 2.75) is 50.2 Å². The second kappa shape index (κ2) is 9.00. The first-order chi connectivity index (χ1) is 12.3. The lowest BCUT2D eigenvalue weighted by atomic mass is 10.3. The maximum atomic E-state index is 12.2. The molecule has 26 heavy (non-hydrogen) atoms. The van der Waals surface area contributed by atoms with Gasteiger partial charge in [-0.05, 0) is 51.0 Å². The van der Waals surface area contributed by atoms with Gasteiger partial charge in [-0.25, -0.2) is 13.1 Å². The van der Waals surface area contributed by atoms with Crippen molar-refractivity contribution < 1.29 is 27.5 Å². The molecular weight excluding hydrogens is 360 g/mol. The standard InChI is InChI=1S/C17H24N2O6S/c1-3-24-14-6-8-15(9-7-14)26(22,23)18-11-10-16(20)25-12(2)17(21)19-13-4-5-13/h6-9,12-13,18H,3-5,10-11H2,1-2H3,(H,19,21). The molecule has 0 radical (unpaired) electrons. The van der Waals surface area contributed by atoms with E-state index in [2.05, 4.69) is 10.0 Å². The number of carbonyl (C=O) groups is 2. The van der Waals surface area contributed by atoms with Crippen LogP contribution < -0.4 is 14.8 Å². The summed E-state index contributed by atoms with van der Waals surface area (Å²) >= 11 is 0. The van der Waals surface area contributed by atoms with Crippen molar-refractivity contribution in [3.05, 3.63) is 24.3 Å². The number of amides is 1. The lowest BCUT2D eigenvalue weighted by Crippen LogP contribution is -2.37. The first-order valence-electron chi connectivity index (χ1n) is 8.54. The Morgan fingerprint density at radius 1 is 1.23 bits per heavy atom. The van der Waals surface area contributed by atoms with E-state index in [1.165, 1.54) is 19.1 Å². The number of nitrogens with one attached hydrogen (secondary N) is 2. The molecule has 0 saturated heterocycles. The molecule has 0 spiro atoms. The van der Waals surface area contributed by atoms with Crippen LogP contribution in [0.3, 0.4) is 0 Å². The molecule has 1 aliphatic carbocycles. The molecule has 0 aromatic heterocycles. The Hall–Kier alpha value is -2.13. The fraction of sp³-hybridized carbons (Fsp3) is 0.529. The van der Waals surface area contributed by atoms with E-state index in [0.29, 0.717) is 12.4 Å². The molecule has 1 fully saturated rings. The summed E-state index contributed by atoms with van der Waals surface area (Å²) in [5.41, 5.74) is 0. The minimum Gasteiger partial charge on any atom is -0.494 e. The van der Waals surface area contributed by atoms with Gasteiger partial charge in [-0.3, -0.25) is 9.59 Å². The summed E-state index contributed by atoms with van der Waals surface area (Å²) in [7, 11) is -3.73. The van der Waals surface area contributed by atoms with E-state index < -0.39 is 22.1 Å². The molecule has 0 bridgehead atoms. The highest BCUT2D eigenvalue weighted by Gasteiger charge is 2.27. The molecule has 1 amide bonds. The lowest BCUT2D eigenvalue weighted by Gasteiger charge is -2.13. The summed E-state index contributed by atoms with van der Waals surface area (Å²) in [5.74, 6) is -0.401. The van der Waals surface area contributed by atoms with Gasteiger partial charge in [0.15, 0.2) is 6.10 Å². The first kappa shape index (κ1) is 20.2. The summed E-state index contributed by atoms with van der Waals surface area (Å²) < 4.78 is 36.9. The zero-order chi connectivity index (χ0) is 19.2. The highest BCUT2D eigenvalue weighted by molar-refractivity contribution is 7.89. The highest BCUT2D eigenvalue weighted by atomic mass is 32.2. The van der Waals surface area contributed by atoms with Crippen LogP contribution in [-0.2, 0) is 24.3 Å². The first-order valence-corrected chi connectivity index (χ1v) is 10.0. The molecule has 2 N–H and O–H groups in total. The van der Waals surface area contributed by atoms with Gasteiger partial charge in [0.25, 0.3) is 5.91 Å². The van der Waals surface area contributed by atoms with Gasteiger partial charge in [0, 0.05) is 12.6 Å². The molecule has 0 aliphatic heterocycles. The predicted octanol–water partition coefficient (Wildman–Crippen LogP) is 0.964. The van der Waals surface area contributed by atoms with Crippen LogP contribution in [0.15, 0.2) is 29.2 Å². The number of carbonyl (C=O) groups excluding carboxylic acids is 2. The molecule has 1 unspecified atom stereocenters. The summed E-state index contributed by atoms with van der Waals surface area (Å²) in [4.78, 5) is 23.5. The normalized spacial score (nSPS) is 15.2. The van der Waals surface area contributed by atoms with Gasteiger partial charge in [-0.1, -0.05) is 0 Å². The van der Waals surface area contributed by atoms with Crippen LogP contribution in [0, 0.1) is 0 Å². The van der Waals surface area contributed by atoms with E-state index in [9.17, 15) is 18.0 Å². The second-order valence-corrected chi connectivity index (χ2v) is 7.73. The average molecular weight is 384 g/mol. The van der Waals surface area contributed by atoms with E-state index in [1.54, 1.807) is 12.1 Å². The molecule has 2 rings (SSSR count). The van der Waals surface area contributed by atoms with Gasteiger partial charge in [0.05, 0.1) is 17.9 Å². The third kappa shape index (κ3) is 6.30. The van der Waals surface area contributed by atoms with Gasteiger partial charge in [0.2, 0.25) is 10.0 Å². The Kier molecular flexibility index (Phi) is 6.98. The average Bonchev–Trinajstić information content (AvgIpc) is 3.39. The quantitative estimate of drug-likeness (QED) is 0.582. The van der Waals surface area contributed by atoms with Gasteiger partial charge in [-0.15, -0.1) is 0 Å². The van der Waals surface area contributed by atoms with Crippen LogP contribution in [0.25, 0.3) is 0 Å². The lowest BCUT2D eigenvalue weighted by molar-refractivity contribution is -0.154. The SMILES string of the molecule is CCOc1ccc(S(=O)(=O)NCCC(=O)OC(C)C(=O)NC2CC2)cc1. The van der Waals surface area contributed by atoms with Crippen molar-refractivity contribution in [1.82, 2.24) is 10.0 Å². The largest absolute Gasteiger partial charge is 0.494 e. The zero-order valence-corrected chi connectivity index (χ0v) is 15.7. The van der Waals surface area contributed by atoms with E-state index >= 15 is 0 Å². The molecule has 144 valence electrons. The molecule has 1 aromatic carbocycles. The molecular formula is C17H24N2O6S.